The predicted octanol–water partition coefficient (Wildman–Crippen LogP) is 3.63. The molecule has 0 aliphatic carbocycles. The minimum atomic E-state index is 0.840. The number of nitrogens with one attached hydrogen (secondary N) is 1. The van der Waals surface area contributed by atoms with Crippen molar-refractivity contribution in [3.05, 3.63) is 67.5 Å². The van der Waals surface area contributed by atoms with Crippen molar-refractivity contribution >= 4 is 17.1 Å². The van der Waals surface area contributed by atoms with Gasteiger partial charge >= 0.3 is 0 Å². The summed E-state index contributed by atoms with van der Waals surface area (Å²) in [5.41, 5.74) is 2.77. The zero-order valence-corrected chi connectivity index (χ0v) is 13.7. The normalized spacial score (nSPS) is 11.0. The Hall–Kier alpha value is -3.02. The SMILES string of the molecule is C[n+]1ccc(N=Nc2ccc(NCCCn3ccnc3)cc2)cc1. The van der Waals surface area contributed by atoms with E-state index in [2.05, 4.69) is 25.1 Å². The van der Waals surface area contributed by atoms with Gasteiger partial charge in [0.15, 0.2) is 12.4 Å². The maximum Gasteiger partial charge on any atom is 0.170 e. The first kappa shape index (κ1) is 15.9. The summed E-state index contributed by atoms with van der Waals surface area (Å²) >= 11 is 0. The van der Waals surface area contributed by atoms with Crippen LogP contribution >= 0.6 is 0 Å². The number of anilines is 1. The van der Waals surface area contributed by atoms with E-state index >= 15 is 0 Å². The van der Waals surface area contributed by atoms with Crippen LogP contribution in [0.4, 0.5) is 17.1 Å². The van der Waals surface area contributed by atoms with Crippen molar-refractivity contribution in [2.45, 2.75) is 13.0 Å². The van der Waals surface area contributed by atoms with Crippen LogP contribution in [0.2, 0.25) is 0 Å². The molecular formula is C18H21N6+. The first-order chi connectivity index (χ1) is 11.8. The number of pyridine rings is 1. The minimum Gasteiger partial charge on any atom is -0.385 e. The Balaban J connectivity index is 1.47. The molecule has 24 heavy (non-hydrogen) atoms. The molecule has 6 heteroatoms. The third kappa shape index (κ3) is 4.74. The molecule has 0 radical (unpaired) electrons. The fraction of sp³-hybridized carbons (Fsp3) is 0.222. The van der Waals surface area contributed by atoms with Crippen molar-refractivity contribution in [2.75, 3.05) is 11.9 Å². The van der Waals surface area contributed by atoms with Gasteiger partial charge in [-0.25, -0.2) is 9.55 Å². The quantitative estimate of drug-likeness (QED) is 0.410. The number of rotatable bonds is 7. The number of hydrogen-bond acceptors (Lipinski definition) is 4. The lowest BCUT2D eigenvalue weighted by Gasteiger charge is -2.06. The number of imidazole rings is 1. The number of azo groups is 1. The molecule has 0 amide bonds. The highest BCUT2D eigenvalue weighted by Gasteiger charge is 1.96. The van der Waals surface area contributed by atoms with Crippen molar-refractivity contribution in [3.63, 3.8) is 0 Å². The Kier molecular flexibility index (Phi) is 5.29. The fourth-order valence-electron chi connectivity index (χ4n) is 2.23. The predicted molar refractivity (Wildman–Crippen MR) is 93.6 cm³/mol. The van der Waals surface area contributed by atoms with Gasteiger partial charge in [-0.2, -0.15) is 10.2 Å². The molecule has 6 nitrogen and oxygen atoms in total. The lowest BCUT2D eigenvalue weighted by Crippen LogP contribution is -2.25. The van der Waals surface area contributed by atoms with Crippen LogP contribution in [0, 0.1) is 0 Å². The van der Waals surface area contributed by atoms with Crippen LogP contribution in [0.3, 0.4) is 0 Å². The average molecular weight is 321 g/mol. The smallest absolute Gasteiger partial charge is 0.170 e. The summed E-state index contributed by atoms with van der Waals surface area (Å²) < 4.78 is 4.04. The van der Waals surface area contributed by atoms with E-state index in [4.69, 9.17) is 0 Å². The Morgan fingerprint density at radius 3 is 2.42 bits per heavy atom. The van der Waals surface area contributed by atoms with Gasteiger partial charge < -0.3 is 9.88 Å². The molecule has 1 N–H and O–H groups in total. The zero-order valence-electron chi connectivity index (χ0n) is 13.7. The summed E-state index contributed by atoms with van der Waals surface area (Å²) in [7, 11) is 1.97. The molecular weight excluding hydrogens is 300 g/mol. The molecule has 0 saturated carbocycles. The van der Waals surface area contributed by atoms with Crippen molar-refractivity contribution in [2.24, 2.45) is 17.3 Å². The van der Waals surface area contributed by atoms with E-state index in [1.54, 1.807) is 6.20 Å². The minimum absolute atomic E-state index is 0.840. The summed E-state index contributed by atoms with van der Waals surface area (Å²) in [5, 5.41) is 11.9. The van der Waals surface area contributed by atoms with Crippen molar-refractivity contribution in [3.8, 4) is 0 Å². The highest BCUT2D eigenvalue weighted by Crippen LogP contribution is 2.19. The van der Waals surface area contributed by atoms with E-state index in [0.29, 0.717) is 0 Å². The van der Waals surface area contributed by atoms with Gasteiger partial charge in [0.1, 0.15) is 7.05 Å². The van der Waals surface area contributed by atoms with Gasteiger partial charge in [-0.1, -0.05) is 0 Å². The third-order valence-electron chi connectivity index (χ3n) is 3.59. The maximum atomic E-state index is 4.26. The lowest BCUT2D eigenvalue weighted by atomic mass is 10.3. The van der Waals surface area contributed by atoms with E-state index in [9.17, 15) is 0 Å². The van der Waals surface area contributed by atoms with Crippen LogP contribution in [-0.2, 0) is 13.6 Å². The molecule has 0 atom stereocenters. The van der Waals surface area contributed by atoms with Crippen LogP contribution in [0.15, 0.2) is 77.7 Å². The van der Waals surface area contributed by atoms with Gasteiger partial charge in [-0.15, -0.1) is 0 Å². The maximum absolute atomic E-state index is 4.26. The van der Waals surface area contributed by atoms with Gasteiger partial charge in [0, 0.05) is 43.3 Å². The molecule has 0 fully saturated rings. The number of benzene rings is 1. The van der Waals surface area contributed by atoms with Gasteiger partial charge in [-0.05, 0) is 30.7 Å². The van der Waals surface area contributed by atoms with Crippen molar-refractivity contribution in [1.29, 1.82) is 0 Å². The second kappa shape index (κ2) is 8.01. The molecule has 0 unspecified atom stereocenters. The first-order valence-electron chi connectivity index (χ1n) is 7.96. The highest BCUT2D eigenvalue weighted by molar-refractivity contribution is 5.50. The molecule has 3 aromatic rings. The van der Waals surface area contributed by atoms with Gasteiger partial charge in [0.2, 0.25) is 0 Å². The summed E-state index contributed by atoms with van der Waals surface area (Å²) in [6, 6.07) is 11.8. The Labute approximate surface area is 141 Å². The largest absolute Gasteiger partial charge is 0.385 e. The number of nitrogens with zero attached hydrogens (tertiary/aromatic N) is 5. The first-order valence-corrected chi connectivity index (χ1v) is 7.96. The molecule has 0 bridgehead atoms. The molecule has 122 valence electrons. The van der Waals surface area contributed by atoms with Gasteiger partial charge in [0.05, 0.1) is 17.7 Å². The summed E-state index contributed by atoms with van der Waals surface area (Å²) in [6.07, 6.45) is 10.6. The molecule has 1 aromatic carbocycles. The summed E-state index contributed by atoms with van der Waals surface area (Å²) in [6.45, 7) is 1.88. The topological polar surface area (TPSA) is 58.4 Å². The van der Waals surface area contributed by atoms with Crippen molar-refractivity contribution < 1.29 is 4.57 Å². The Morgan fingerprint density at radius 2 is 1.75 bits per heavy atom. The fourth-order valence-corrected chi connectivity index (χ4v) is 2.23. The summed E-state index contributed by atoms with van der Waals surface area (Å²) in [5.74, 6) is 0. The Bertz CT molecular complexity index is 760. The molecule has 0 aliphatic rings. The van der Waals surface area contributed by atoms with Gasteiger partial charge in [0.25, 0.3) is 0 Å². The van der Waals surface area contributed by atoms with Crippen LogP contribution in [-0.4, -0.2) is 16.1 Å². The van der Waals surface area contributed by atoms with Crippen LogP contribution in [0.1, 0.15) is 6.42 Å². The van der Waals surface area contributed by atoms with E-state index in [-0.39, 0.29) is 0 Å². The highest BCUT2D eigenvalue weighted by atomic mass is 15.1. The zero-order chi connectivity index (χ0) is 16.6. The van der Waals surface area contributed by atoms with E-state index < -0.39 is 0 Å². The average Bonchev–Trinajstić information content (AvgIpc) is 3.13. The summed E-state index contributed by atoms with van der Waals surface area (Å²) in [4.78, 5) is 4.03. The molecule has 3 rings (SSSR count). The monoisotopic (exact) mass is 321 g/mol. The van der Waals surface area contributed by atoms with E-state index in [0.717, 1.165) is 36.6 Å². The van der Waals surface area contributed by atoms with E-state index in [1.807, 2.05) is 72.9 Å². The molecule has 0 aliphatic heterocycles. The molecule has 0 saturated heterocycles. The van der Waals surface area contributed by atoms with Crippen LogP contribution in [0.5, 0.6) is 0 Å². The van der Waals surface area contributed by atoms with Crippen molar-refractivity contribution in [1.82, 2.24) is 9.55 Å². The Morgan fingerprint density at radius 1 is 1.04 bits per heavy atom. The third-order valence-corrected chi connectivity index (χ3v) is 3.59. The number of aromatic nitrogens is 3. The molecule has 2 heterocycles. The second-order valence-corrected chi connectivity index (χ2v) is 5.55. The van der Waals surface area contributed by atoms with Crippen LogP contribution < -0.4 is 9.88 Å². The number of hydrogen-bond donors (Lipinski definition) is 1. The molecule has 2 aromatic heterocycles. The van der Waals surface area contributed by atoms with Gasteiger partial charge in [-0.3, -0.25) is 0 Å². The van der Waals surface area contributed by atoms with Crippen LogP contribution in [0.25, 0.3) is 0 Å². The lowest BCUT2D eigenvalue weighted by molar-refractivity contribution is -0.671. The second-order valence-electron chi connectivity index (χ2n) is 5.55. The standard InChI is InChI=1S/C18H20N6/c1-23-12-7-18(8-13-23)22-21-17-5-3-16(4-6-17)20-9-2-11-24-14-10-19-15-24/h3-8,10,12-15H,2,9,11H2,1H3/p+1. The van der Waals surface area contributed by atoms with E-state index in [1.165, 1.54) is 0 Å². The molecule has 0 spiro atoms. The number of aryl methyl sites for hydroxylation is 2.